The highest BCUT2D eigenvalue weighted by Gasteiger charge is 2.19. The quantitative estimate of drug-likeness (QED) is 0.288. The van der Waals surface area contributed by atoms with Gasteiger partial charge in [-0.05, 0) is 33.1 Å². The van der Waals surface area contributed by atoms with E-state index in [9.17, 15) is 0 Å². The Kier molecular flexibility index (Phi) is 4.39. The van der Waals surface area contributed by atoms with Crippen LogP contribution >= 0.6 is 0 Å². The predicted octanol–water partition coefficient (Wildman–Crippen LogP) is 1.53. The Balaban J connectivity index is 2.54. The second-order valence-electron chi connectivity index (χ2n) is 4.92. The van der Waals surface area contributed by atoms with E-state index in [1.54, 1.807) is 0 Å². The third-order valence-electron chi connectivity index (χ3n) is 3.11. The van der Waals surface area contributed by atoms with Crippen LogP contribution in [-0.4, -0.2) is 17.5 Å². The summed E-state index contributed by atoms with van der Waals surface area (Å²) in [6.07, 6.45) is 6.02. The van der Waals surface area contributed by atoms with Gasteiger partial charge in [0.1, 0.15) is 0 Å². The SMILES string of the molecule is CCC(C)(C)NC(=NC1CCCC1)NN. The van der Waals surface area contributed by atoms with Crippen molar-refractivity contribution in [3.63, 3.8) is 0 Å². The van der Waals surface area contributed by atoms with Gasteiger partial charge in [0.15, 0.2) is 0 Å². The summed E-state index contributed by atoms with van der Waals surface area (Å²) in [7, 11) is 0. The van der Waals surface area contributed by atoms with Crippen molar-refractivity contribution in [2.45, 2.75) is 64.5 Å². The zero-order valence-electron chi connectivity index (χ0n) is 10.1. The number of hydrogen-bond acceptors (Lipinski definition) is 2. The number of nitrogens with zero attached hydrogens (tertiary/aromatic N) is 1. The molecule has 1 fully saturated rings. The molecule has 1 rings (SSSR count). The topological polar surface area (TPSA) is 62.4 Å². The molecule has 0 unspecified atom stereocenters. The van der Waals surface area contributed by atoms with Crippen molar-refractivity contribution < 1.29 is 0 Å². The van der Waals surface area contributed by atoms with Crippen LogP contribution in [0.2, 0.25) is 0 Å². The van der Waals surface area contributed by atoms with Gasteiger partial charge in [0, 0.05) is 5.54 Å². The average molecular weight is 212 g/mol. The number of rotatable bonds is 3. The molecule has 0 heterocycles. The van der Waals surface area contributed by atoms with Gasteiger partial charge in [-0.3, -0.25) is 5.43 Å². The second-order valence-corrected chi connectivity index (χ2v) is 4.92. The Bertz CT molecular complexity index is 217. The van der Waals surface area contributed by atoms with Gasteiger partial charge in [0.05, 0.1) is 6.04 Å². The van der Waals surface area contributed by atoms with Crippen LogP contribution in [0, 0.1) is 0 Å². The first-order valence-electron chi connectivity index (χ1n) is 5.90. The molecule has 0 spiro atoms. The van der Waals surface area contributed by atoms with Crippen LogP contribution in [0.4, 0.5) is 0 Å². The van der Waals surface area contributed by atoms with E-state index in [0.717, 1.165) is 12.4 Å². The van der Waals surface area contributed by atoms with Gasteiger partial charge in [0.25, 0.3) is 0 Å². The van der Waals surface area contributed by atoms with Crippen molar-refractivity contribution >= 4 is 5.96 Å². The molecule has 15 heavy (non-hydrogen) atoms. The van der Waals surface area contributed by atoms with Crippen molar-refractivity contribution in [2.24, 2.45) is 10.8 Å². The van der Waals surface area contributed by atoms with E-state index >= 15 is 0 Å². The molecule has 0 amide bonds. The lowest BCUT2D eigenvalue weighted by Crippen LogP contribution is -2.51. The molecule has 1 saturated carbocycles. The van der Waals surface area contributed by atoms with Crippen molar-refractivity contribution in [2.75, 3.05) is 0 Å². The summed E-state index contributed by atoms with van der Waals surface area (Å²) in [5, 5.41) is 3.33. The summed E-state index contributed by atoms with van der Waals surface area (Å²) in [5.74, 6) is 6.20. The Hall–Kier alpha value is -0.770. The van der Waals surface area contributed by atoms with Crippen molar-refractivity contribution in [1.29, 1.82) is 0 Å². The fourth-order valence-corrected chi connectivity index (χ4v) is 1.73. The summed E-state index contributed by atoms with van der Waals surface area (Å²) in [6.45, 7) is 6.44. The summed E-state index contributed by atoms with van der Waals surface area (Å²) in [5.41, 5.74) is 2.70. The fraction of sp³-hybridized carbons (Fsp3) is 0.909. The lowest BCUT2D eigenvalue weighted by molar-refractivity contribution is 0.437. The van der Waals surface area contributed by atoms with Gasteiger partial charge in [0.2, 0.25) is 5.96 Å². The van der Waals surface area contributed by atoms with Gasteiger partial charge < -0.3 is 5.32 Å². The predicted molar refractivity (Wildman–Crippen MR) is 64.5 cm³/mol. The Morgan fingerprint density at radius 1 is 1.40 bits per heavy atom. The molecular weight excluding hydrogens is 188 g/mol. The smallest absolute Gasteiger partial charge is 0.206 e. The number of aliphatic imine (C=N–C) groups is 1. The number of nitrogens with one attached hydrogen (secondary N) is 2. The molecule has 88 valence electrons. The van der Waals surface area contributed by atoms with Crippen molar-refractivity contribution in [1.82, 2.24) is 10.7 Å². The summed E-state index contributed by atoms with van der Waals surface area (Å²) in [4.78, 5) is 4.60. The van der Waals surface area contributed by atoms with Gasteiger partial charge in [-0.25, -0.2) is 10.8 Å². The highest BCUT2D eigenvalue weighted by Crippen LogP contribution is 2.20. The largest absolute Gasteiger partial charge is 0.350 e. The first-order valence-corrected chi connectivity index (χ1v) is 5.90. The van der Waals surface area contributed by atoms with Crippen LogP contribution in [0.15, 0.2) is 4.99 Å². The van der Waals surface area contributed by atoms with Crippen LogP contribution in [-0.2, 0) is 0 Å². The maximum Gasteiger partial charge on any atom is 0.206 e. The molecule has 0 aromatic rings. The van der Waals surface area contributed by atoms with Gasteiger partial charge >= 0.3 is 0 Å². The van der Waals surface area contributed by atoms with Crippen LogP contribution in [0.25, 0.3) is 0 Å². The lowest BCUT2D eigenvalue weighted by Gasteiger charge is -2.26. The zero-order valence-corrected chi connectivity index (χ0v) is 10.1. The maximum absolute atomic E-state index is 5.47. The third kappa shape index (κ3) is 4.08. The van der Waals surface area contributed by atoms with E-state index in [0.29, 0.717) is 6.04 Å². The van der Waals surface area contributed by atoms with E-state index in [4.69, 9.17) is 5.84 Å². The number of nitrogens with two attached hydrogens (primary N) is 1. The van der Waals surface area contributed by atoms with Crippen LogP contribution in [0.3, 0.4) is 0 Å². The van der Waals surface area contributed by atoms with Gasteiger partial charge in [-0.1, -0.05) is 19.8 Å². The molecule has 1 aliphatic rings. The second kappa shape index (κ2) is 5.35. The molecule has 0 aromatic carbocycles. The first kappa shape index (κ1) is 12.3. The van der Waals surface area contributed by atoms with E-state index in [-0.39, 0.29) is 5.54 Å². The summed E-state index contributed by atoms with van der Waals surface area (Å²) < 4.78 is 0. The molecule has 0 aromatic heterocycles. The molecule has 0 radical (unpaired) electrons. The van der Waals surface area contributed by atoms with E-state index in [1.807, 2.05) is 0 Å². The van der Waals surface area contributed by atoms with Crippen LogP contribution in [0.1, 0.15) is 52.9 Å². The highest BCUT2D eigenvalue weighted by atomic mass is 15.3. The first-order chi connectivity index (χ1) is 7.07. The summed E-state index contributed by atoms with van der Waals surface area (Å²) in [6, 6.07) is 0.455. The van der Waals surface area contributed by atoms with Crippen molar-refractivity contribution in [3.8, 4) is 0 Å². The summed E-state index contributed by atoms with van der Waals surface area (Å²) >= 11 is 0. The van der Waals surface area contributed by atoms with Gasteiger partial charge in [-0.15, -0.1) is 0 Å². The standard InChI is InChI=1S/C11H24N4/c1-4-11(2,3)14-10(15-12)13-9-7-5-6-8-9/h9H,4-8,12H2,1-3H3,(H2,13,14,15). The Morgan fingerprint density at radius 3 is 2.47 bits per heavy atom. The Labute approximate surface area is 92.7 Å². The molecule has 4 N–H and O–H groups in total. The zero-order chi connectivity index (χ0) is 11.3. The molecule has 4 nitrogen and oxygen atoms in total. The minimum atomic E-state index is 0.0454. The monoisotopic (exact) mass is 212 g/mol. The maximum atomic E-state index is 5.47. The number of guanidine groups is 1. The van der Waals surface area contributed by atoms with E-state index < -0.39 is 0 Å². The molecule has 0 atom stereocenters. The Morgan fingerprint density at radius 2 is 2.00 bits per heavy atom. The average Bonchev–Trinajstić information content (AvgIpc) is 2.69. The molecule has 0 bridgehead atoms. The van der Waals surface area contributed by atoms with Crippen molar-refractivity contribution in [3.05, 3.63) is 0 Å². The molecule has 0 saturated heterocycles. The van der Waals surface area contributed by atoms with Crippen LogP contribution < -0.4 is 16.6 Å². The van der Waals surface area contributed by atoms with Crippen LogP contribution in [0.5, 0.6) is 0 Å². The normalized spacial score (nSPS) is 19.3. The van der Waals surface area contributed by atoms with E-state index in [1.165, 1.54) is 25.7 Å². The highest BCUT2D eigenvalue weighted by molar-refractivity contribution is 5.80. The molecule has 0 aliphatic heterocycles. The fourth-order valence-electron chi connectivity index (χ4n) is 1.73. The lowest BCUT2D eigenvalue weighted by atomic mass is 10.0. The minimum Gasteiger partial charge on any atom is -0.350 e. The molecular formula is C11H24N4. The minimum absolute atomic E-state index is 0.0454. The van der Waals surface area contributed by atoms with Gasteiger partial charge in [-0.2, -0.15) is 0 Å². The molecule has 1 aliphatic carbocycles. The third-order valence-corrected chi connectivity index (χ3v) is 3.11. The number of hydrazine groups is 1. The van der Waals surface area contributed by atoms with E-state index in [2.05, 4.69) is 36.5 Å². The number of hydrogen-bond donors (Lipinski definition) is 3. The molecule has 4 heteroatoms.